The van der Waals surface area contributed by atoms with Crippen molar-refractivity contribution >= 4 is 23.4 Å². The summed E-state index contributed by atoms with van der Waals surface area (Å²) in [4.78, 5) is 34.2. The summed E-state index contributed by atoms with van der Waals surface area (Å²) in [6, 6.07) is 16.7. The van der Waals surface area contributed by atoms with Gasteiger partial charge in [-0.2, -0.15) is 0 Å². The molecule has 1 aromatic heterocycles. The molecule has 7 heteroatoms. The standard InChI is InChI=1S/C26H25N3O3S/c1-26(2)12-18-21(19(31)13-26)20(16-8-10-17(30)11-9-16)22-23(27-18)28-25(29-24(22)32)33-14-15-6-4-3-5-7-15/h3-11,20,30H,12-14H2,1-2H3,(H2,27,28,29,32)/t20-/m1/s1. The molecule has 1 aliphatic carbocycles. The maximum atomic E-state index is 13.3. The monoisotopic (exact) mass is 459 g/mol. The van der Waals surface area contributed by atoms with Crippen molar-refractivity contribution in [3.05, 3.63) is 92.9 Å². The van der Waals surface area contributed by atoms with Crippen molar-refractivity contribution in [1.82, 2.24) is 9.97 Å². The zero-order chi connectivity index (χ0) is 23.2. The molecule has 2 heterocycles. The van der Waals surface area contributed by atoms with Gasteiger partial charge in [0.1, 0.15) is 11.6 Å². The number of nitrogens with one attached hydrogen (secondary N) is 2. The second-order valence-electron chi connectivity index (χ2n) is 9.39. The number of thioether (sulfide) groups is 1. The molecule has 0 fully saturated rings. The lowest BCUT2D eigenvalue weighted by Crippen LogP contribution is -2.37. The fourth-order valence-electron chi connectivity index (χ4n) is 4.69. The second kappa shape index (κ2) is 8.23. The number of benzene rings is 2. The predicted octanol–water partition coefficient (Wildman–Crippen LogP) is 4.97. The minimum atomic E-state index is -0.523. The van der Waals surface area contributed by atoms with Crippen molar-refractivity contribution in [3.8, 4) is 5.75 Å². The number of hydrogen-bond donors (Lipinski definition) is 3. The Morgan fingerprint density at radius 2 is 1.79 bits per heavy atom. The number of carbonyl (C=O) groups is 1. The fourth-order valence-corrected chi connectivity index (χ4v) is 5.50. The number of phenols is 1. The lowest BCUT2D eigenvalue weighted by molar-refractivity contribution is -0.118. The number of nitrogens with zero attached hydrogens (tertiary/aromatic N) is 1. The van der Waals surface area contributed by atoms with Gasteiger partial charge in [0.2, 0.25) is 0 Å². The first-order valence-corrected chi connectivity index (χ1v) is 11.9. The van der Waals surface area contributed by atoms with Crippen molar-refractivity contribution in [2.24, 2.45) is 5.41 Å². The van der Waals surface area contributed by atoms with Crippen LogP contribution in [0.15, 0.2) is 75.8 Å². The highest BCUT2D eigenvalue weighted by molar-refractivity contribution is 7.98. The molecule has 0 bridgehead atoms. The van der Waals surface area contributed by atoms with E-state index < -0.39 is 5.92 Å². The van der Waals surface area contributed by atoms with Crippen molar-refractivity contribution in [3.63, 3.8) is 0 Å². The molecule has 3 N–H and O–H groups in total. The number of aromatic hydroxyl groups is 1. The van der Waals surface area contributed by atoms with Crippen molar-refractivity contribution < 1.29 is 9.90 Å². The molecule has 2 aromatic carbocycles. The van der Waals surface area contributed by atoms with Gasteiger partial charge in [0.15, 0.2) is 10.9 Å². The highest BCUT2D eigenvalue weighted by Crippen LogP contribution is 2.47. The molecule has 0 spiro atoms. The highest BCUT2D eigenvalue weighted by atomic mass is 32.2. The zero-order valence-electron chi connectivity index (χ0n) is 18.5. The largest absolute Gasteiger partial charge is 0.508 e. The number of H-pyrrole nitrogens is 1. The van der Waals surface area contributed by atoms with E-state index in [0.29, 0.717) is 40.7 Å². The lowest BCUT2D eigenvalue weighted by atomic mass is 9.69. The Morgan fingerprint density at radius 1 is 1.06 bits per heavy atom. The molecule has 3 aromatic rings. The molecular formula is C26H25N3O3S. The molecule has 0 radical (unpaired) electrons. The molecule has 1 aliphatic heterocycles. The van der Waals surface area contributed by atoms with E-state index in [1.165, 1.54) is 11.8 Å². The summed E-state index contributed by atoms with van der Waals surface area (Å²) in [7, 11) is 0. The second-order valence-corrected chi connectivity index (χ2v) is 10.4. The topological polar surface area (TPSA) is 95.1 Å². The summed E-state index contributed by atoms with van der Waals surface area (Å²) in [5, 5.41) is 13.6. The van der Waals surface area contributed by atoms with Crippen molar-refractivity contribution in [1.29, 1.82) is 0 Å². The van der Waals surface area contributed by atoms with Crippen LogP contribution in [0, 0.1) is 5.41 Å². The van der Waals surface area contributed by atoms with E-state index in [2.05, 4.69) is 24.1 Å². The summed E-state index contributed by atoms with van der Waals surface area (Å²) < 4.78 is 0. The Bertz CT molecular complexity index is 1310. The summed E-state index contributed by atoms with van der Waals surface area (Å²) in [6.07, 6.45) is 1.12. The number of phenolic OH excluding ortho intramolecular Hbond substituents is 1. The summed E-state index contributed by atoms with van der Waals surface area (Å²) >= 11 is 1.47. The molecule has 0 saturated carbocycles. The third-order valence-corrected chi connectivity index (χ3v) is 7.09. The number of anilines is 1. The van der Waals surface area contributed by atoms with Gasteiger partial charge >= 0.3 is 0 Å². The number of aromatic nitrogens is 2. The summed E-state index contributed by atoms with van der Waals surface area (Å²) in [5.74, 6) is 0.836. The number of ketones is 1. The van der Waals surface area contributed by atoms with E-state index in [-0.39, 0.29) is 22.5 Å². The van der Waals surface area contributed by atoms with Gasteiger partial charge in [-0.15, -0.1) is 0 Å². The Balaban J connectivity index is 1.59. The van der Waals surface area contributed by atoms with Crippen LogP contribution in [0.25, 0.3) is 0 Å². The minimum absolute atomic E-state index is 0.0411. The lowest BCUT2D eigenvalue weighted by Gasteiger charge is -2.38. The van der Waals surface area contributed by atoms with Gasteiger partial charge in [0.25, 0.3) is 5.56 Å². The molecule has 0 unspecified atom stereocenters. The molecule has 5 rings (SSSR count). The van der Waals surface area contributed by atoms with E-state index in [1.807, 2.05) is 30.3 Å². The molecule has 2 aliphatic rings. The smallest absolute Gasteiger partial charge is 0.257 e. The number of carbonyl (C=O) groups excluding carboxylic acids is 1. The Hall–Kier alpha value is -3.32. The third kappa shape index (κ3) is 4.20. The first-order chi connectivity index (χ1) is 15.8. The van der Waals surface area contributed by atoms with E-state index in [4.69, 9.17) is 4.98 Å². The Labute approximate surface area is 196 Å². The average molecular weight is 460 g/mol. The number of rotatable bonds is 4. The van der Waals surface area contributed by atoms with Crippen LogP contribution in [0.2, 0.25) is 0 Å². The van der Waals surface area contributed by atoms with Gasteiger partial charge in [-0.1, -0.05) is 68.1 Å². The van der Waals surface area contributed by atoms with Crippen LogP contribution in [0.1, 0.15) is 49.3 Å². The van der Waals surface area contributed by atoms with E-state index in [0.717, 1.165) is 16.8 Å². The fraction of sp³-hybridized carbons (Fsp3) is 0.269. The molecule has 1 atom stereocenters. The predicted molar refractivity (Wildman–Crippen MR) is 129 cm³/mol. The summed E-state index contributed by atoms with van der Waals surface area (Å²) in [6.45, 7) is 4.15. The number of aromatic amines is 1. The number of allylic oxidation sites excluding steroid dienone is 2. The van der Waals surface area contributed by atoms with Crippen LogP contribution in [0.4, 0.5) is 5.82 Å². The van der Waals surface area contributed by atoms with Gasteiger partial charge in [0, 0.05) is 29.4 Å². The van der Waals surface area contributed by atoms with Crippen LogP contribution in [-0.4, -0.2) is 20.9 Å². The van der Waals surface area contributed by atoms with E-state index in [9.17, 15) is 14.7 Å². The Kier molecular flexibility index (Phi) is 5.37. The number of fused-ring (bicyclic) bond motifs is 1. The normalized spacial score (nSPS) is 19.0. The SMILES string of the molecule is CC1(C)CC(=O)C2=C(C1)Nc1nc(SCc3ccccc3)[nH]c(=O)c1[C@@H]2c1ccc(O)cc1. The molecule has 6 nitrogen and oxygen atoms in total. The van der Waals surface area contributed by atoms with E-state index >= 15 is 0 Å². The van der Waals surface area contributed by atoms with Gasteiger partial charge in [-0.25, -0.2) is 4.98 Å². The van der Waals surface area contributed by atoms with Crippen LogP contribution in [0.3, 0.4) is 0 Å². The molecule has 168 valence electrons. The number of hydrogen-bond acceptors (Lipinski definition) is 6. The first kappa shape index (κ1) is 21.5. The third-order valence-electron chi connectivity index (χ3n) is 6.14. The van der Waals surface area contributed by atoms with Gasteiger partial charge in [-0.05, 0) is 35.1 Å². The molecule has 33 heavy (non-hydrogen) atoms. The maximum absolute atomic E-state index is 13.3. The Morgan fingerprint density at radius 3 is 2.52 bits per heavy atom. The zero-order valence-corrected chi connectivity index (χ0v) is 19.3. The van der Waals surface area contributed by atoms with Gasteiger partial charge in [0.05, 0.1) is 5.56 Å². The van der Waals surface area contributed by atoms with Gasteiger partial charge in [-0.3, -0.25) is 9.59 Å². The first-order valence-electron chi connectivity index (χ1n) is 10.9. The molecular weight excluding hydrogens is 434 g/mol. The highest BCUT2D eigenvalue weighted by Gasteiger charge is 2.42. The maximum Gasteiger partial charge on any atom is 0.257 e. The van der Waals surface area contributed by atoms with Gasteiger partial charge < -0.3 is 15.4 Å². The van der Waals surface area contributed by atoms with Crippen molar-refractivity contribution in [2.75, 3.05) is 5.32 Å². The van der Waals surface area contributed by atoms with E-state index in [1.54, 1.807) is 24.3 Å². The summed E-state index contributed by atoms with van der Waals surface area (Å²) in [5.41, 5.74) is 3.40. The quantitative estimate of drug-likeness (QED) is 0.377. The number of Topliss-reactive ketones (excluding diaryl/α,β-unsaturated/α-hetero) is 1. The average Bonchev–Trinajstić information content (AvgIpc) is 2.77. The van der Waals surface area contributed by atoms with Crippen LogP contribution in [-0.2, 0) is 10.5 Å². The van der Waals surface area contributed by atoms with Crippen LogP contribution in [0.5, 0.6) is 5.75 Å². The van der Waals surface area contributed by atoms with Crippen LogP contribution >= 0.6 is 11.8 Å². The van der Waals surface area contributed by atoms with Crippen molar-refractivity contribution in [2.45, 2.75) is 43.5 Å². The molecule has 0 amide bonds. The molecule has 0 saturated heterocycles. The minimum Gasteiger partial charge on any atom is -0.508 e. The van der Waals surface area contributed by atoms with Crippen LogP contribution < -0.4 is 10.9 Å².